The first-order valence-corrected chi connectivity index (χ1v) is 10.1. The van der Waals surface area contributed by atoms with Crippen LogP contribution in [-0.4, -0.2) is 29.7 Å². The molecule has 3 rings (SSSR count). The van der Waals surface area contributed by atoms with Crippen LogP contribution in [0.2, 0.25) is 10.0 Å². The molecule has 0 fully saturated rings. The smallest absolute Gasteiger partial charge is 0.326 e. The van der Waals surface area contributed by atoms with Gasteiger partial charge in [-0.15, -0.1) is 0 Å². The fourth-order valence-corrected chi connectivity index (χ4v) is 4.12. The number of thiazole rings is 1. The Bertz CT molecular complexity index is 1190. The average molecular weight is 475 g/mol. The molecule has 0 saturated heterocycles. The number of rotatable bonds is 6. The summed E-state index contributed by atoms with van der Waals surface area (Å²) in [5.74, 6) is -2.81. The summed E-state index contributed by atoms with van der Waals surface area (Å²) >= 11 is 12.7. The Morgan fingerprint density at radius 3 is 2.67 bits per heavy atom. The van der Waals surface area contributed by atoms with Crippen LogP contribution < -0.4 is 9.54 Å². The van der Waals surface area contributed by atoms with Gasteiger partial charge in [0.1, 0.15) is 18.1 Å². The molecule has 0 atom stereocenters. The number of hydrogen-bond donors (Lipinski definition) is 0. The van der Waals surface area contributed by atoms with E-state index in [1.807, 2.05) is 0 Å². The lowest BCUT2D eigenvalue weighted by atomic mass is 10.3. The van der Waals surface area contributed by atoms with Crippen LogP contribution >= 0.6 is 34.5 Å². The molecule has 30 heavy (non-hydrogen) atoms. The fraction of sp³-hybridized carbons (Fsp3) is 0.211. The van der Waals surface area contributed by atoms with Crippen molar-refractivity contribution >= 4 is 56.6 Å². The molecule has 1 heterocycles. The third-order valence-corrected chi connectivity index (χ3v) is 5.31. The highest BCUT2D eigenvalue weighted by molar-refractivity contribution is 7.16. The van der Waals surface area contributed by atoms with Gasteiger partial charge in [0.25, 0.3) is 5.91 Å². The Kier molecular flexibility index (Phi) is 7.06. The van der Waals surface area contributed by atoms with Gasteiger partial charge in [-0.3, -0.25) is 9.59 Å². The Labute approximate surface area is 183 Å². The van der Waals surface area contributed by atoms with Crippen molar-refractivity contribution < 1.29 is 27.8 Å². The van der Waals surface area contributed by atoms with Crippen LogP contribution in [0.5, 0.6) is 5.75 Å². The van der Waals surface area contributed by atoms with E-state index >= 15 is 0 Å². The summed E-state index contributed by atoms with van der Waals surface area (Å²) in [6.07, 6.45) is 0. The van der Waals surface area contributed by atoms with E-state index in [4.69, 9.17) is 32.7 Å². The first kappa shape index (κ1) is 22.2. The molecule has 6 nitrogen and oxygen atoms in total. The fourth-order valence-electron chi connectivity index (χ4n) is 2.57. The van der Waals surface area contributed by atoms with Gasteiger partial charge in [-0.05, 0) is 31.2 Å². The molecule has 0 aliphatic carbocycles. The number of amides is 1. The summed E-state index contributed by atoms with van der Waals surface area (Å²) in [7, 11) is 0. The average Bonchev–Trinajstić information content (AvgIpc) is 2.98. The summed E-state index contributed by atoms with van der Waals surface area (Å²) in [4.78, 5) is 28.1. The zero-order valence-electron chi connectivity index (χ0n) is 15.5. The second-order valence-electron chi connectivity index (χ2n) is 5.88. The highest BCUT2D eigenvalue weighted by Crippen LogP contribution is 2.27. The second kappa shape index (κ2) is 9.55. The molecule has 0 aliphatic rings. The van der Waals surface area contributed by atoms with Crippen molar-refractivity contribution in [3.63, 3.8) is 0 Å². The monoisotopic (exact) mass is 474 g/mol. The van der Waals surface area contributed by atoms with Crippen molar-refractivity contribution in [1.82, 2.24) is 4.57 Å². The molecule has 0 saturated carbocycles. The van der Waals surface area contributed by atoms with Gasteiger partial charge < -0.3 is 14.0 Å². The molecule has 0 aliphatic heterocycles. The summed E-state index contributed by atoms with van der Waals surface area (Å²) in [6, 6.07) is 6.28. The summed E-state index contributed by atoms with van der Waals surface area (Å²) in [5.41, 5.74) is -0.0531. The normalized spacial score (nSPS) is 11.7. The van der Waals surface area contributed by atoms with Gasteiger partial charge in [0, 0.05) is 11.1 Å². The first-order valence-electron chi connectivity index (χ1n) is 8.58. The van der Waals surface area contributed by atoms with E-state index in [-0.39, 0.29) is 32.4 Å². The molecule has 0 N–H and O–H groups in total. The molecule has 0 unspecified atom stereocenters. The molecule has 11 heteroatoms. The van der Waals surface area contributed by atoms with Gasteiger partial charge in [-0.1, -0.05) is 34.5 Å². The lowest BCUT2D eigenvalue weighted by molar-refractivity contribution is -0.143. The van der Waals surface area contributed by atoms with E-state index in [0.29, 0.717) is 11.1 Å². The number of halogens is 4. The lowest BCUT2D eigenvalue weighted by Crippen LogP contribution is -2.24. The predicted molar refractivity (Wildman–Crippen MR) is 109 cm³/mol. The number of nitrogens with zero attached hydrogens (tertiary/aromatic N) is 2. The van der Waals surface area contributed by atoms with Gasteiger partial charge >= 0.3 is 5.97 Å². The van der Waals surface area contributed by atoms with Crippen LogP contribution in [0.4, 0.5) is 8.78 Å². The van der Waals surface area contributed by atoms with E-state index in [0.717, 1.165) is 17.4 Å². The van der Waals surface area contributed by atoms with Crippen molar-refractivity contribution in [2.75, 3.05) is 13.2 Å². The molecule has 2 aromatic carbocycles. The maximum absolute atomic E-state index is 14.4. The van der Waals surface area contributed by atoms with Crippen LogP contribution in [-0.2, 0) is 20.9 Å². The number of carbonyl (C=O) groups is 2. The molecule has 1 aromatic heterocycles. The third kappa shape index (κ3) is 5.16. The zero-order chi connectivity index (χ0) is 21.8. The molecule has 1 amide bonds. The number of carbonyl (C=O) groups excluding carboxylic acids is 2. The van der Waals surface area contributed by atoms with Gasteiger partial charge in [0.2, 0.25) is 0 Å². The highest BCUT2D eigenvalue weighted by atomic mass is 35.5. The van der Waals surface area contributed by atoms with Gasteiger partial charge in [0.15, 0.2) is 17.2 Å². The van der Waals surface area contributed by atoms with Crippen LogP contribution in [0.15, 0.2) is 35.3 Å². The van der Waals surface area contributed by atoms with Crippen LogP contribution in [0.3, 0.4) is 0 Å². The zero-order valence-corrected chi connectivity index (χ0v) is 17.8. The molecule has 3 aromatic rings. The quantitative estimate of drug-likeness (QED) is 0.497. The molecule has 158 valence electrons. The maximum Gasteiger partial charge on any atom is 0.326 e. The maximum atomic E-state index is 14.4. The second-order valence-corrected chi connectivity index (χ2v) is 7.73. The van der Waals surface area contributed by atoms with E-state index in [1.165, 1.54) is 16.7 Å². The van der Waals surface area contributed by atoms with E-state index in [1.54, 1.807) is 13.0 Å². The van der Waals surface area contributed by atoms with Crippen molar-refractivity contribution in [2.24, 2.45) is 4.99 Å². The number of aromatic nitrogens is 1. The third-order valence-electron chi connectivity index (χ3n) is 3.75. The van der Waals surface area contributed by atoms with Crippen molar-refractivity contribution in [2.45, 2.75) is 13.5 Å². The topological polar surface area (TPSA) is 69.9 Å². The van der Waals surface area contributed by atoms with Gasteiger partial charge in [-0.25, -0.2) is 8.78 Å². The molecule has 0 radical (unpaired) electrons. The number of hydrogen-bond acceptors (Lipinski definition) is 5. The molecule has 0 bridgehead atoms. The summed E-state index contributed by atoms with van der Waals surface area (Å²) in [5, 5.41) is 0.620. The minimum absolute atomic E-state index is 0.00152. The standard InChI is InChI=1S/C19H14Cl2F2N2O4S/c1-2-28-17(27)8-25-18-13(23)6-11(22)7-15(18)30-19(25)24-16(26)9-29-14-4-3-10(20)5-12(14)21/h3-7H,2,8-9H2,1H3. The number of esters is 1. The number of fused-ring (bicyclic) bond motifs is 1. The van der Waals surface area contributed by atoms with E-state index in [9.17, 15) is 18.4 Å². The van der Waals surface area contributed by atoms with Gasteiger partial charge in [0.05, 0.1) is 21.8 Å². The molecule has 0 spiro atoms. The van der Waals surface area contributed by atoms with Gasteiger partial charge in [-0.2, -0.15) is 4.99 Å². The lowest BCUT2D eigenvalue weighted by Gasteiger charge is -2.07. The number of benzene rings is 2. The molecular formula is C19H14Cl2F2N2O4S. The Balaban J connectivity index is 1.94. The van der Waals surface area contributed by atoms with Crippen molar-refractivity contribution in [3.8, 4) is 5.75 Å². The van der Waals surface area contributed by atoms with Crippen molar-refractivity contribution in [1.29, 1.82) is 0 Å². The van der Waals surface area contributed by atoms with E-state index in [2.05, 4.69) is 4.99 Å². The predicted octanol–water partition coefficient (Wildman–Crippen LogP) is 4.36. The van der Waals surface area contributed by atoms with Crippen LogP contribution in [0.25, 0.3) is 10.2 Å². The summed E-state index contributed by atoms with van der Waals surface area (Å²) < 4.78 is 39.5. The summed E-state index contributed by atoms with van der Waals surface area (Å²) in [6.45, 7) is 0.885. The van der Waals surface area contributed by atoms with E-state index < -0.39 is 36.7 Å². The first-order chi connectivity index (χ1) is 14.3. The molecular weight excluding hydrogens is 461 g/mol. The Hall–Kier alpha value is -2.49. The Morgan fingerprint density at radius 1 is 1.20 bits per heavy atom. The number of ether oxygens (including phenoxy) is 2. The highest BCUT2D eigenvalue weighted by Gasteiger charge is 2.17. The Morgan fingerprint density at radius 2 is 1.97 bits per heavy atom. The van der Waals surface area contributed by atoms with Crippen LogP contribution in [0, 0.1) is 11.6 Å². The largest absolute Gasteiger partial charge is 0.482 e. The van der Waals surface area contributed by atoms with Crippen molar-refractivity contribution in [3.05, 3.63) is 56.8 Å². The minimum atomic E-state index is -0.886. The van der Waals surface area contributed by atoms with Crippen LogP contribution in [0.1, 0.15) is 6.92 Å². The minimum Gasteiger partial charge on any atom is -0.482 e. The SMILES string of the molecule is CCOC(=O)Cn1c(=NC(=O)COc2ccc(Cl)cc2Cl)sc2cc(F)cc(F)c21.